The van der Waals surface area contributed by atoms with Crippen LogP contribution in [0.2, 0.25) is 0 Å². The largest absolute Gasteiger partial charge is 0.515 e. The van der Waals surface area contributed by atoms with E-state index in [1.54, 1.807) is 12.1 Å². The number of aromatic hydroxyl groups is 1. The van der Waals surface area contributed by atoms with Gasteiger partial charge < -0.3 is 10.2 Å². The second-order valence-corrected chi connectivity index (χ2v) is 6.92. The molecule has 2 aromatic rings. The molecule has 0 amide bonds. The first-order valence-corrected chi connectivity index (χ1v) is 8.27. The molecule has 2 aliphatic carbocycles. The molecule has 1 aromatic carbocycles. The van der Waals surface area contributed by atoms with E-state index in [1.807, 2.05) is 25.3 Å². The van der Waals surface area contributed by atoms with Crippen LogP contribution < -0.4 is 0 Å². The standard InChI is InChI=1S/C19H20N2O3/c1-11-16-7-2-12-9-20-21-18(12)19(16,8-13(10-22)17(11)24)14-3-5-15(23)6-4-14/h3-6,9-11,16,22-23H,2,7-8H2,1H3,(H,20,21)/b13-10-/t11-,16-,19?/m0/s1. The van der Waals surface area contributed by atoms with Gasteiger partial charge in [0.2, 0.25) is 0 Å². The molecule has 1 unspecified atom stereocenters. The molecule has 2 aliphatic rings. The summed E-state index contributed by atoms with van der Waals surface area (Å²) in [4.78, 5) is 12.6. The summed E-state index contributed by atoms with van der Waals surface area (Å²) in [5.74, 6) is 0.193. The first-order valence-electron chi connectivity index (χ1n) is 8.27. The van der Waals surface area contributed by atoms with Gasteiger partial charge in [-0.15, -0.1) is 0 Å². The molecule has 0 spiro atoms. The molecular weight excluding hydrogens is 304 g/mol. The lowest BCUT2D eigenvalue weighted by atomic mass is 9.52. The van der Waals surface area contributed by atoms with Crippen LogP contribution in [0.1, 0.15) is 36.6 Å². The Morgan fingerprint density at radius 2 is 2.08 bits per heavy atom. The number of phenols is 1. The number of ketones is 1. The van der Waals surface area contributed by atoms with Gasteiger partial charge in [0, 0.05) is 22.6 Å². The number of hydrogen-bond acceptors (Lipinski definition) is 4. The van der Waals surface area contributed by atoms with E-state index in [2.05, 4.69) is 10.2 Å². The lowest BCUT2D eigenvalue weighted by Crippen LogP contribution is -2.50. The maximum atomic E-state index is 12.6. The van der Waals surface area contributed by atoms with Gasteiger partial charge >= 0.3 is 0 Å². The quantitative estimate of drug-likeness (QED) is 0.556. The van der Waals surface area contributed by atoms with Gasteiger partial charge in [0.15, 0.2) is 5.78 Å². The molecule has 5 heteroatoms. The summed E-state index contributed by atoms with van der Waals surface area (Å²) < 4.78 is 0. The van der Waals surface area contributed by atoms with Crippen LogP contribution in [-0.4, -0.2) is 26.2 Å². The number of aromatic amines is 1. The fraction of sp³-hybridized carbons (Fsp3) is 0.368. The Bertz CT molecular complexity index is 821. The number of phenolic OH excluding ortho intramolecular Hbond substituents is 1. The molecular formula is C19H20N2O3. The molecule has 124 valence electrons. The van der Waals surface area contributed by atoms with Crippen molar-refractivity contribution in [3.63, 3.8) is 0 Å². The fourth-order valence-corrected chi connectivity index (χ4v) is 4.72. The highest BCUT2D eigenvalue weighted by molar-refractivity contribution is 5.98. The van der Waals surface area contributed by atoms with Crippen LogP contribution in [0.25, 0.3) is 0 Å². The molecule has 24 heavy (non-hydrogen) atoms. The van der Waals surface area contributed by atoms with Crippen LogP contribution in [-0.2, 0) is 16.6 Å². The fourth-order valence-electron chi connectivity index (χ4n) is 4.72. The number of carbonyl (C=O) groups is 1. The number of H-pyrrole nitrogens is 1. The highest BCUT2D eigenvalue weighted by atomic mass is 16.3. The smallest absolute Gasteiger partial charge is 0.165 e. The average Bonchev–Trinajstić information content (AvgIpc) is 3.08. The van der Waals surface area contributed by atoms with E-state index < -0.39 is 5.41 Å². The van der Waals surface area contributed by atoms with Crippen molar-refractivity contribution in [3.05, 3.63) is 59.1 Å². The number of nitrogens with one attached hydrogen (secondary N) is 1. The SMILES string of the molecule is C[C@@H]1C(=O)/C(=C\O)CC2(c3ccc(O)cc3)c3[nH]ncc3CC[C@@H]12. The molecule has 5 nitrogen and oxygen atoms in total. The van der Waals surface area contributed by atoms with Crippen LogP contribution in [0.4, 0.5) is 0 Å². The normalized spacial score (nSPS) is 30.9. The van der Waals surface area contributed by atoms with Gasteiger partial charge in [-0.05, 0) is 48.4 Å². The summed E-state index contributed by atoms with van der Waals surface area (Å²) in [5, 5.41) is 26.7. The Labute approximate surface area is 140 Å². The van der Waals surface area contributed by atoms with Crippen molar-refractivity contribution in [3.8, 4) is 5.75 Å². The number of allylic oxidation sites excluding steroid dienone is 1. The molecule has 0 bridgehead atoms. The zero-order chi connectivity index (χ0) is 16.9. The summed E-state index contributed by atoms with van der Waals surface area (Å²) in [5.41, 5.74) is 3.25. The highest BCUT2D eigenvalue weighted by Gasteiger charge is 2.54. The molecule has 1 aromatic heterocycles. The zero-order valence-corrected chi connectivity index (χ0v) is 13.5. The average molecular weight is 324 g/mol. The van der Waals surface area contributed by atoms with Crippen molar-refractivity contribution >= 4 is 5.78 Å². The van der Waals surface area contributed by atoms with Crippen molar-refractivity contribution in [2.24, 2.45) is 11.8 Å². The van der Waals surface area contributed by atoms with Crippen LogP contribution in [0.3, 0.4) is 0 Å². The Kier molecular flexibility index (Phi) is 3.27. The second kappa shape index (κ2) is 5.23. The molecule has 0 aliphatic heterocycles. The summed E-state index contributed by atoms with van der Waals surface area (Å²) >= 11 is 0. The second-order valence-electron chi connectivity index (χ2n) is 6.92. The van der Waals surface area contributed by atoms with E-state index in [-0.39, 0.29) is 23.4 Å². The van der Waals surface area contributed by atoms with Gasteiger partial charge in [-0.3, -0.25) is 9.89 Å². The number of benzene rings is 1. The molecule has 3 N–H and O–H groups in total. The third kappa shape index (κ3) is 1.87. The van der Waals surface area contributed by atoms with Crippen LogP contribution in [0.15, 0.2) is 42.3 Å². The Hall–Kier alpha value is -2.56. The van der Waals surface area contributed by atoms with Gasteiger partial charge in [-0.2, -0.15) is 5.10 Å². The Morgan fingerprint density at radius 1 is 1.33 bits per heavy atom. The number of fused-ring (bicyclic) bond motifs is 3. The lowest BCUT2D eigenvalue weighted by molar-refractivity contribution is -0.123. The maximum Gasteiger partial charge on any atom is 0.165 e. The van der Waals surface area contributed by atoms with E-state index in [0.29, 0.717) is 12.0 Å². The maximum absolute atomic E-state index is 12.6. The minimum atomic E-state index is -0.431. The first kappa shape index (κ1) is 15.0. The van der Waals surface area contributed by atoms with Crippen LogP contribution in [0.5, 0.6) is 5.75 Å². The van der Waals surface area contributed by atoms with Gasteiger partial charge in [0.05, 0.1) is 12.5 Å². The minimum absolute atomic E-state index is 0.0277. The Morgan fingerprint density at radius 3 is 2.79 bits per heavy atom. The number of aryl methyl sites for hydroxylation is 1. The molecule has 0 radical (unpaired) electrons. The van der Waals surface area contributed by atoms with Crippen LogP contribution in [0, 0.1) is 11.8 Å². The number of rotatable bonds is 1. The van der Waals surface area contributed by atoms with Crippen molar-refractivity contribution in [2.75, 3.05) is 0 Å². The number of aliphatic hydroxyl groups is 1. The summed E-state index contributed by atoms with van der Waals surface area (Å²) in [7, 11) is 0. The van der Waals surface area contributed by atoms with Gasteiger partial charge in [0.1, 0.15) is 5.75 Å². The number of Topliss-reactive ketones (excluding diaryl/α,β-unsaturated/α-hetero) is 1. The number of aromatic nitrogens is 2. The van der Waals surface area contributed by atoms with E-state index in [1.165, 1.54) is 0 Å². The van der Waals surface area contributed by atoms with E-state index in [0.717, 1.165) is 35.9 Å². The third-order valence-corrected chi connectivity index (χ3v) is 5.86. The molecule has 3 atom stereocenters. The molecule has 0 saturated heterocycles. The predicted molar refractivity (Wildman–Crippen MR) is 88.8 cm³/mol. The van der Waals surface area contributed by atoms with Crippen molar-refractivity contribution in [1.82, 2.24) is 10.2 Å². The lowest BCUT2D eigenvalue weighted by Gasteiger charge is -2.50. The van der Waals surface area contributed by atoms with Crippen LogP contribution >= 0.6 is 0 Å². The van der Waals surface area contributed by atoms with E-state index >= 15 is 0 Å². The third-order valence-electron chi connectivity index (χ3n) is 5.86. The topological polar surface area (TPSA) is 86.2 Å². The van der Waals surface area contributed by atoms with Gasteiger partial charge in [-0.25, -0.2) is 0 Å². The number of aliphatic hydroxyl groups excluding tert-OH is 1. The molecule has 1 saturated carbocycles. The van der Waals surface area contributed by atoms with Gasteiger partial charge in [-0.1, -0.05) is 19.1 Å². The van der Waals surface area contributed by atoms with E-state index in [4.69, 9.17) is 0 Å². The predicted octanol–water partition coefficient (Wildman–Crippen LogP) is 3.01. The number of carbonyl (C=O) groups excluding carboxylic acids is 1. The molecule has 1 fully saturated rings. The van der Waals surface area contributed by atoms with E-state index in [9.17, 15) is 15.0 Å². The van der Waals surface area contributed by atoms with Crippen molar-refractivity contribution < 1.29 is 15.0 Å². The monoisotopic (exact) mass is 324 g/mol. The Balaban J connectivity index is 1.99. The molecule has 1 heterocycles. The van der Waals surface area contributed by atoms with Crippen molar-refractivity contribution in [2.45, 2.75) is 31.6 Å². The first-order chi connectivity index (χ1) is 11.6. The van der Waals surface area contributed by atoms with Crippen molar-refractivity contribution in [1.29, 1.82) is 0 Å². The summed E-state index contributed by atoms with van der Waals surface area (Å²) in [6, 6.07) is 7.18. The minimum Gasteiger partial charge on any atom is -0.515 e. The zero-order valence-electron chi connectivity index (χ0n) is 13.5. The van der Waals surface area contributed by atoms with Gasteiger partial charge in [0.25, 0.3) is 0 Å². The number of hydrogen-bond donors (Lipinski definition) is 3. The highest BCUT2D eigenvalue weighted by Crippen LogP contribution is 2.55. The number of nitrogens with zero attached hydrogens (tertiary/aromatic N) is 1. The summed E-state index contributed by atoms with van der Waals surface area (Å²) in [6.45, 7) is 1.95. The molecule has 4 rings (SSSR count). The summed E-state index contributed by atoms with van der Waals surface area (Å²) in [6.07, 6.45) is 5.06.